The Labute approximate surface area is 141 Å². The molecule has 0 bridgehead atoms. The van der Waals surface area contributed by atoms with Gasteiger partial charge in [-0.3, -0.25) is 14.5 Å². The first kappa shape index (κ1) is 16.9. The summed E-state index contributed by atoms with van der Waals surface area (Å²) in [4.78, 5) is 28.6. The molecule has 2 saturated heterocycles. The first-order chi connectivity index (χ1) is 11.6. The normalized spacial score (nSPS) is 22.3. The highest BCUT2D eigenvalue weighted by Crippen LogP contribution is 2.18. The molecule has 0 radical (unpaired) electrons. The second-order valence-corrected chi connectivity index (χ2v) is 6.51. The van der Waals surface area contributed by atoms with Gasteiger partial charge in [0.2, 0.25) is 11.8 Å². The summed E-state index contributed by atoms with van der Waals surface area (Å²) < 4.78 is 13.9. The molecule has 2 aliphatic rings. The van der Waals surface area contributed by atoms with Gasteiger partial charge in [-0.25, -0.2) is 4.39 Å². The number of benzene rings is 1. The van der Waals surface area contributed by atoms with Gasteiger partial charge in [-0.15, -0.1) is 0 Å². The molecule has 1 aromatic carbocycles. The summed E-state index contributed by atoms with van der Waals surface area (Å²) >= 11 is 0. The van der Waals surface area contributed by atoms with E-state index >= 15 is 0 Å². The standard InChI is InChI=1S/C18H24FN3O2/c19-15-7-3-2-6-14(15)13-22-11-8-20-18(24)16(22)12-17(23)21-9-4-1-5-10-21/h2-3,6-7,16H,1,4-5,8-13H2,(H,20,24). The molecule has 6 heteroatoms. The van der Waals surface area contributed by atoms with E-state index in [1.807, 2.05) is 9.80 Å². The minimum Gasteiger partial charge on any atom is -0.353 e. The summed E-state index contributed by atoms with van der Waals surface area (Å²) in [5, 5.41) is 2.83. The third kappa shape index (κ3) is 3.93. The van der Waals surface area contributed by atoms with Crippen molar-refractivity contribution in [1.29, 1.82) is 0 Å². The Hall–Kier alpha value is -1.95. The van der Waals surface area contributed by atoms with E-state index in [9.17, 15) is 14.0 Å². The number of nitrogens with one attached hydrogen (secondary N) is 1. The molecule has 5 nitrogen and oxygen atoms in total. The van der Waals surface area contributed by atoms with Gasteiger partial charge in [-0.05, 0) is 25.3 Å². The van der Waals surface area contributed by atoms with Gasteiger partial charge in [0.15, 0.2) is 0 Å². The highest BCUT2D eigenvalue weighted by Gasteiger charge is 2.33. The Balaban J connectivity index is 1.68. The van der Waals surface area contributed by atoms with E-state index in [0.717, 1.165) is 32.4 Å². The van der Waals surface area contributed by atoms with Crippen molar-refractivity contribution in [1.82, 2.24) is 15.1 Å². The third-order valence-corrected chi connectivity index (χ3v) is 4.85. The number of amides is 2. The molecule has 24 heavy (non-hydrogen) atoms. The van der Waals surface area contributed by atoms with Crippen LogP contribution in [0.2, 0.25) is 0 Å². The smallest absolute Gasteiger partial charge is 0.237 e. The van der Waals surface area contributed by atoms with Crippen molar-refractivity contribution < 1.29 is 14.0 Å². The van der Waals surface area contributed by atoms with Gasteiger partial charge < -0.3 is 10.2 Å². The largest absolute Gasteiger partial charge is 0.353 e. The molecule has 2 heterocycles. The Kier molecular flexibility index (Phi) is 5.45. The molecule has 0 spiro atoms. The predicted octanol–water partition coefficient (Wildman–Crippen LogP) is 1.53. The summed E-state index contributed by atoms with van der Waals surface area (Å²) in [5.74, 6) is -0.386. The lowest BCUT2D eigenvalue weighted by Gasteiger charge is -2.36. The Morgan fingerprint density at radius 2 is 1.92 bits per heavy atom. The number of piperazine rings is 1. The van der Waals surface area contributed by atoms with Crippen LogP contribution < -0.4 is 5.32 Å². The minimum absolute atomic E-state index is 0.0234. The maximum atomic E-state index is 13.9. The molecule has 1 atom stereocenters. The zero-order chi connectivity index (χ0) is 16.9. The SMILES string of the molecule is O=C1NCCN(Cc2ccccc2F)C1CC(=O)N1CCCCC1. The maximum absolute atomic E-state index is 13.9. The van der Waals surface area contributed by atoms with Crippen molar-refractivity contribution in [2.45, 2.75) is 38.3 Å². The topological polar surface area (TPSA) is 52.7 Å². The van der Waals surface area contributed by atoms with E-state index in [1.54, 1.807) is 18.2 Å². The number of hydrogen-bond donors (Lipinski definition) is 1. The van der Waals surface area contributed by atoms with Gasteiger partial charge in [0.25, 0.3) is 0 Å². The van der Waals surface area contributed by atoms with Crippen molar-refractivity contribution in [3.05, 3.63) is 35.6 Å². The average Bonchev–Trinajstić information content (AvgIpc) is 2.60. The molecule has 130 valence electrons. The molecule has 3 rings (SSSR count). The van der Waals surface area contributed by atoms with Gasteiger partial charge >= 0.3 is 0 Å². The zero-order valence-electron chi connectivity index (χ0n) is 13.8. The summed E-state index contributed by atoms with van der Waals surface area (Å²) in [7, 11) is 0. The monoisotopic (exact) mass is 333 g/mol. The van der Waals surface area contributed by atoms with Crippen molar-refractivity contribution >= 4 is 11.8 Å². The van der Waals surface area contributed by atoms with Gasteiger partial charge in [0, 0.05) is 38.3 Å². The minimum atomic E-state index is -0.521. The van der Waals surface area contributed by atoms with Crippen LogP contribution in [-0.4, -0.2) is 53.8 Å². The zero-order valence-corrected chi connectivity index (χ0v) is 13.8. The molecular formula is C18H24FN3O2. The second-order valence-electron chi connectivity index (χ2n) is 6.51. The van der Waals surface area contributed by atoms with Crippen LogP contribution in [0.25, 0.3) is 0 Å². The number of hydrogen-bond acceptors (Lipinski definition) is 3. The van der Waals surface area contributed by atoms with Crippen LogP contribution in [0, 0.1) is 5.82 Å². The lowest BCUT2D eigenvalue weighted by Crippen LogP contribution is -2.56. The third-order valence-electron chi connectivity index (χ3n) is 4.85. The Morgan fingerprint density at radius 3 is 2.67 bits per heavy atom. The Morgan fingerprint density at radius 1 is 1.17 bits per heavy atom. The lowest BCUT2D eigenvalue weighted by molar-refractivity contribution is -0.139. The molecular weight excluding hydrogens is 309 g/mol. The first-order valence-corrected chi connectivity index (χ1v) is 8.68. The average molecular weight is 333 g/mol. The molecule has 0 saturated carbocycles. The quantitative estimate of drug-likeness (QED) is 0.909. The molecule has 2 aliphatic heterocycles. The molecule has 1 aromatic rings. The molecule has 2 amide bonds. The molecule has 1 N–H and O–H groups in total. The van der Waals surface area contributed by atoms with Crippen LogP contribution in [0.1, 0.15) is 31.2 Å². The molecule has 0 aromatic heterocycles. The van der Waals surface area contributed by atoms with Crippen LogP contribution >= 0.6 is 0 Å². The number of carbonyl (C=O) groups is 2. The van der Waals surface area contributed by atoms with Crippen LogP contribution in [0.3, 0.4) is 0 Å². The maximum Gasteiger partial charge on any atom is 0.237 e. The number of halogens is 1. The highest BCUT2D eigenvalue weighted by molar-refractivity contribution is 5.88. The van der Waals surface area contributed by atoms with Crippen molar-refractivity contribution in [3.8, 4) is 0 Å². The predicted molar refractivity (Wildman–Crippen MR) is 88.7 cm³/mol. The van der Waals surface area contributed by atoms with Gasteiger partial charge in [0.1, 0.15) is 5.82 Å². The first-order valence-electron chi connectivity index (χ1n) is 8.68. The summed E-state index contributed by atoms with van der Waals surface area (Å²) in [6.45, 7) is 3.05. The van der Waals surface area contributed by atoms with E-state index < -0.39 is 6.04 Å². The van der Waals surface area contributed by atoms with E-state index in [1.165, 1.54) is 6.07 Å². The second kappa shape index (κ2) is 7.75. The summed E-state index contributed by atoms with van der Waals surface area (Å²) in [6.07, 6.45) is 3.39. The van der Waals surface area contributed by atoms with E-state index in [0.29, 0.717) is 25.2 Å². The fourth-order valence-electron chi connectivity index (χ4n) is 3.46. The highest BCUT2D eigenvalue weighted by atomic mass is 19.1. The summed E-state index contributed by atoms with van der Waals surface area (Å²) in [6, 6.07) is 6.07. The molecule has 1 unspecified atom stereocenters. The number of nitrogens with zero attached hydrogens (tertiary/aromatic N) is 2. The van der Waals surface area contributed by atoms with Gasteiger partial charge in [0.05, 0.1) is 12.5 Å². The van der Waals surface area contributed by atoms with E-state index in [-0.39, 0.29) is 24.1 Å². The van der Waals surface area contributed by atoms with E-state index in [4.69, 9.17) is 0 Å². The van der Waals surface area contributed by atoms with Gasteiger partial charge in [-0.2, -0.15) is 0 Å². The van der Waals surface area contributed by atoms with E-state index in [2.05, 4.69) is 5.32 Å². The number of rotatable bonds is 4. The van der Waals surface area contributed by atoms with Crippen molar-refractivity contribution in [3.63, 3.8) is 0 Å². The van der Waals surface area contributed by atoms with Crippen LogP contribution in [0.5, 0.6) is 0 Å². The van der Waals surface area contributed by atoms with Crippen molar-refractivity contribution in [2.75, 3.05) is 26.2 Å². The van der Waals surface area contributed by atoms with Crippen LogP contribution in [0.15, 0.2) is 24.3 Å². The van der Waals surface area contributed by atoms with Crippen molar-refractivity contribution in [2.24, 2.45) is 0 Å². The fraction of sp³-hybridized carbons (Fsp3) is 0.556. The van der Waals surface area contributed by atoms with Crippen LogP contribution in [-0.2, 0) is 16.1 Å². The number of piperidine rings is 1. The van der Waals surface area contributed by atoms with Gasteiger partial charge in [-0.1, -0.05) is 18.2 Å². The molecule has 2 fully saturated rings. The lowest BCUT2D eigenvalue weighted by atomic mass is 10.0. The fourth-order valence-corrected chi connectivity index (χ4v) is 3.46. The molecule has 0 aliphatic carbocycles. The Bertz CT molecular complexity index is 602. The number of likely N-dealkylation sites (tertiary alicyclic amines) is 1. The summed E-state index contributed by atoms with van der Waals surface area (Å²) in [5.41, 5.74) is 0.558. The van der Waals surface area contributed by atoms with Crippen LogP contribution in [0.4, 0.5) is 4.39 Å². The number of carbonyl (C=O) groups excluding carboxylic acids is 2.